The van der Waals surface area contributed by atoms with Crippen LogP contribution in [0.5, 0.6) is 11.5 Å². The molecule has 0 aliphatic heterocycles. The van der Waals surface area contributed by atoms with Gasteiger partial charge in [-0.15, -0.1) is 0 Å². The molecule has 112 valence electrons. The first-order valence-corrected chi connectivity index (χ1v) is 6.48. The number of benzene rings is 1. The summed E-state index contributed by atoms with van der Waals surface area (Å²) in [6, 6.07) is 6.64. The second kappa shape index (κ2) is 8.59. The Kier molecular flexibility index (Phi) is 6.75. The molecule has 0 saturated heterocycles. The highest BCUT2D eigenvalue weighted by molar-refractivity contribution is 5.84. The largest absolute Gasteiger partial charge is 0.497 e. The number of hydrogen-bond donors (Lipinski definition) is 0. The third kappa shape index (κ3) is 5.95. The van der Waals surface area contributed by atoms with Gasteiger partial charge in [-0.3, -0.25) is 9.59 Å². The van der Waals surface area contributed by atoms with Crippen LogP contribution >= 0.6 is 0 Å². The second-order valence-corrected chi connectivity index (χ2v) is 4.14. The molecule has 0 fully saturated rings. The summed E-state index contributed by atoms with van der Waals surface area (Å²) < 4.78 is 15.1. The molecule has 0 spiro atoms. The van der Waals surface area contributed by atoms with Crippen LogP contribution in [0.4, 0.5) is 0 Å². The number of carbonyl (C=O) groups excluding carboxylic acids is 2. The molecule has 0 aliphatic rings. The second-order valence-electron chi connectivity index (χ2n) is 4.14. The van der Waals surface area contributed by atoms with Gasteiger partial charge >= 0.3 is 5.97 Å². The molecule has 1 aromatic carbocycles. The third-order valence-corrected chi connectivity index (χ3v) is 2.56. The molecule has 0 heterocycles. The summed E-state index contributed by atoms with van der Waals surface area (Å²) in [7, 11) is 1.48. The van der Waals surface area contributed by atoms with E-state index in [4.69, 9.17) is 19.5 Å². The number of rotatable bonds is 8. The number of nitriles is 1. The Labute approximate surface area is 123 Å². The fourth-order valence-electron chi connectivity index (χ4n) is 1.55. The molecule has 0 amide bonds. The van der Waals surface area contributed by atoms with Crippen molar-refractivity contribution in [1.82, 2.24) is 0 Å². The van der Waals surface area contributed by atoms with Crippen molar-refractivity contribution in [2.75, 3.05) is 20.3 Å². The van der Waals surface area contributed by atoms with E-state index in [0.29, 0.717) is 23.7 Å². The summed E-state index contributed by atoms with van der Waals surface area (Å²) in [4.78, 5) is 22.7. The van der Waals surface area contributed by atoms with Crippen molar-refractivity contribution in [3.05, 3.63) is 23.8 Å². The lowest BCUT2D eigenvalue weighted by Crippen LogP contribution is -2.14. The number of ketones is 1. The number of ether oxygens (including phenoxy) is 3. The first kappa shape index (κ1) is 16.5. The van der Waals surface area contributed by atoms with Crippen molar-refractivity contribution in [2.45, 2.75) is 19.8 Å². The quantitative estimate of drug-likeness (QED) is 0.679. The summed E-state index contributed by atoms with van der Waals surface area (Å²) in [5, 5.41) is 8.88. The average molecular weight is 291 g/mol. The maximum absolute atomic E-state index is 11.6. The molecule has 0 unspecified atom stereocenters. The molecule has 0 saturated carbocycles. The molecule has 1 rings (SSSR count). The number of hydrogen-bond acceptors (Lipinski definition) is 6. The van der Waals surface area contributed by atoms with Crippen LogP contribution in [0.15, 0.2) is 18.2 Å². The fraction of sp³-hybridized carbons (Fsp3) is 0.400. The van der Waals surface area contributed by atoms with Crippen LogP contribution in [0.1, 0.15) is 25.3 Å². The SMILES string of the molecule is CCOC(=O)CCC(=O)COc1cc(C#N)cc(OC)c1. The van der Waals surface area contributed by atoms with Crippen LogP contribution < -0.4 is 9.47 Å². The molecular weight excluding hydrogens is 274 g/mol. The minimum Gasteiger partial charge on any atom is -0.497 e. The van der Waals surface area contributed by atoms with E-state index in [2.05, 4.69) is 0 Å². The van der Waals surface area contributed by atoms with Gasteiger partial charge in [0.2, 0.25) is 0 Å². The van der Waals surface area contributed by atoms with Crippen molar-refractivity contribution in [3.63, 3.8) is 0 Å². The normalized spacial score (nSPS) is 9.57. The zero-order valence-corrected chi connectivity index (χ0v) is 12.0. The van der Waals surface area contributed by atoms with Gasteiger partial charge in [-0.1, -0.05) is 0 Å². The fourth-order valence-corrected chi connectivity index (χ4v) is 1.55. The maximum atomic E-state index is 11.6. The van der Waals surface area contributed by atoms with Crippen molar-refractivity contribution in [1.29, 1.82) is 5.26 Å². The Morgan fingerprint density at radius 3 is 2.52 bits per heavy atom. The molecule has 0 atom stereocenters. The van der Waals surface area contributed by atoms with E-state index in [1.807, 2.05) is 6.07 Å². The Balaban J connectivity index is 2.49. The van der Waals surface area contributed by atoms with Gasteiger partial charge in [0.25, 0.3) is 0 Å². The summed E-state index contributed by atoms with van der Waals surface area (Å²) in [5.41, 5.74) is 0.378. The van der Waals surface area contributed by atoms with E-state index in [0.717, 1.165) is 0 Å². The van der Waals surface area contributed by atoms with Gasteiger partial charge in [-0.05, 0) is 19.1 Å². The average Bonchev–Trinajstić information content (AvgIpc) is 2.50. The van der Waals surface area contributed by atoms with E-state index in [1.54, 1.807) is 19.1 Å². The molecular formula is C15H17NO5. The standard InChI is InChI=1S/C15H17NO5/c1-3-20-15(18)5-4-12(17)10-21-14-7-11(9-16)6-13(8-14)19-2/h6-8H,3-5,10H2,1-2H3. The van der Waals surface area contributed by atoms with Crippen LogP contribution in [-0.2, 0) is 14.3 Å². The van der Waals surface area contributed by atoms with Gasteiger partial charge in [0.15, 0.2) is 5.78 Å². The van der Waals surface area contributed by atoms with E-state index in [-0.39, 0.29) is 25.2 Å². The van der Waals surface area contributed by atoms with E-state index in [9.17, 15) is 9.59 Å². The molecule has 1 aromatic rings. The molecule has 6 heteroatoms. The zero-order chi connectivity index (χ0) is 15.7. The van der Waals surface area contributed by atoms with Crippen molar-refractivity contribution in [2.24, 2.45) is 0 Å². The maximum Gasteiger partial charge on any atom is 0.306 e. The first-order chi connectivity index (χ1) is 10.1. The number of carbonyl (C=O) groups is 2. The van der Waals surface area contributed by atoms with Crippen LogP contribution in [0.25, 0.3) is 0 Å². The highest BCUT2D eigenvalue weighted by Crippen LogP contribution is 2.22. The van der Waals surface area contributed by atoms with Gasteiger partial charge in [-0.25, -0.2) is 0 Å². The van der Waals surface area contributed by atoms with Crippen LogP contribution in [0.2, 0.25) is 0 Å². The molecule has 0 aromatic heterocycles. The van der Waals surface area contributed by atoms with Crippen molar-refractivity contribution in [3.8, 4) is 17.6 Å². The monoisotopic (exact) mass is 291 g/mol. The van der Waals surface area contributed by atoms with E-state index >= 15 is 0 Å². The van der Waals surface area contributed by atoms with E-state index < -0.39 is 5.97 Å². The van der Waals surface area contributed by atoms with Crippen molar-refractivity contribution >= 4 is 11.8 Å². The summed E-state index contributed by atoms with van der Waals surface area (Å²) in [5.74, 6) is 0.224. The van der Waals surface area contributed by atoms with Gasteiger partial charge in [0.1, 0.15) is 18.1 Å². The topological polar surface area (TPSA) is 85.6 Å². The van der Waals surface area contributed by atoms with Crippen LogP contribution in [0.3, 0.4) is 0 Å². The van der Waals surface area contributed by atoms with E-state index in [1.165, 1.54) is 13.2 Å². The third-order valence-electron chi connectivity index (χ3n) is 2.56. The first-order valence-electron chi connectivity index (χ1n) is 6.48. The summed E-state index contributed by atoms with van der Waals surface area (Å²) in [6.07, 6.45) is 0.103. The predicted octanol–water partition coefficient (Wildman–Crippen LogP) is 1.86. The minimum absolute atomic E-state index is 0.0393. The number of nitrogens with zero attached hydrogens (tertiary/aromatic N) is 1. The lowest BCUT2D eigenvalue weighted by molar-refractivity contribution is -0.144. The molecule has 0 aliphatic carbocycles. The Bertz CT molecular complexity index is 547. The predicted molar refractivity (Wildman–Crippen MR) is 74.1 cm³/mol. The highest BCUT2D eigenvalue weighted by atomic mass is 16.5. The lowest BCUT2D eigenvalue weighted by atomic mass is 10.2. The van der Waals surface area contributed by atoms with Gasteiger partial charge < -0.3 is 14.2 Å². The van der Waals surface area contributed by atoms with Gasteiger partial charge in [0.05, 0.1) is 31.8 Å². The van der Waals surface area contributed by atoms with Crippen molar-refractivity contribution < 1.29 is 23.8 Å². The number of Topliss-reactive ketones (excluding diaryl/α,β-unsaturated/α-hetero) is 1. The van der Waals surface area contributed by atoms with Gasteiger partial charge in [0, 0.05) is 12.5 Å². The minimum atomic E-state index is -0.404. The number of esters is 1. The Morgan fingerprint density at radius 1 is 1.19 bits per heavy atom. The zero-order valence-electron chi connectivity index (χ0n) is 12.0. The molecule has 21 heavy (non-hydrogen) atoms. The van der Waals surface area contributed by atoms with Gasteiger partial charge in [-0.2, -0.15) is 5.26 Å². The number of methoxy groups -OCH3 is 1. The smallest absolute Gasteiger partial charge is 0.306 e. The molecule has 0 bridgehead atoms. The van der Waals surface area contributed by atoms with Crippen LogP contribution in [-0.4, -0.2) is 32.1 Å². The molecule has 6 nitrogen and oxygen atoms in total. The summed E-state index contributed by atoms with van der Waals surface area (Å²) >= 11 is 0. The lowest BCUT2D eigenvalue weighted by Gasteiger charge is -2.08. The van der Waals surface area contributed by atoms with Crippen LogP contribution in [0, 0.1) is 11.3 Å². The Hall–Kier alpha value is -2.55. The highest BCUT2D eigenvalue weighted by Gasteiger charge is 2.09. The summed E-state index contributed by atoms with van der Waals surface area (Å²) in [6.45, 7) is 1.83. The molecule has 0 N–H and O–H groups in total. The Morgan fingerprint density at radius 2 is 1.90 bits per heavy atom. The molecule has 0 radical (unpaired) electrons.